The van der Waals surface area contributed by atoms with E-state index in [-0.39, 0.29) is 5.91 Å². The Balaban J connectivity index is 1.47. The molecule has 3 aromatic rings. The normalized spacial score (nSPS) is 13.0. The van der Waals surface area contributed by atoms with E-state index in [1.165, 1.54) is 6.39 Å². The number of ether oxygens (including phenoxy) is 1. The van der Waals surface area contributed by atoms with Crippen LogP contribution >= 0.6 is 0 Å². The first kappa shape index (κ1) is 15.9. The number of benzene rings is 2. The Bertz CT molecular complexity index is 982. The van der Waals surface area contributed by atoms with Gasteiger partial charge in [-0.25, -0.2) is 4.98 Å². The molecule has 128 valence electrons. The summed E-state index contributed by atoms with van der Waals surface area (Å²) in [5, 5.41) is 11.7. The van der Waals surface area contributed by atoms with E-state index in [0.717, 1.165) is 12.8 Å². The van der Waals surface area contributed by atoms with Crippen LogP contribution in [0, 0.1) is 11.3 Å². The third-order valence-electron chi connectivity index (χ3n) is 4.07. The van der Waals surface area contributed by atoms with Crippen LogP contribution in [-0.2, 0) is 0 Å². The average molecular weight is 345 g/mol. The van der Waals surface area contributed by atoms with E-state index in [0.29, 0.717) is 40.1 Å². The zero-order chi connectivity index (χ0) is 17.9. The fourth-order valence-corrected chi connectivity index (χ4v) is 2.62. The number of rotatable bonds is 5. The summed E-state index contributed by atoms with van der Waals surface area (Å²) in [6, 6.07) is 16.0. The van der Waals surface area contributed by atoms with E-state index < -0.39 is 0 Å². The predicted molar refractivity (Wildman–Crippen MR) is 94.1 cm³/mol. The lowest BCUT2D eigenvalue weighted by molar-refractivity contribution is 0.102. The van der Waals surface area contributed by atoms with Crippen molar-refractivity contribution in [1.82, 2.24) is 4.98 Å². The second-order valence-corrected chi connectivity index (χ2v) is 6.06. The number of aromatic nitrogens is 1. The lowest BCUT2D eigenvalue weighted by Crippen LogP contribution is -2.14. The number of oxazole rings is 1. The molecule has 0 spiro atoms. The summed E-state index contributed by atoms with van der Waals surface area (Å²) >= 11 is 0. The van der Waals surface area contributed by atoms with Crippen LogP contribution in [0.25, 0.3) is 0 Å². The van der Waals surface area contributed by atoms with Crippen molar-refractivity contribution in [3.63, 3.8) is 0 Å². The Morgan fingerprint density at radius 3 is 2.73 bits per heavy atom. The minimum Gasteiger partial charge on any atom is -0.457 e. The van der Waals surface area contributed by atoms with Crippen LogP contribution in [0.3, 0.4) is 0 Å². The molecule has 1 heterocycles. The molecule has 0 atom stereocenters. The van der Waals surface area contributed by atoms with E-state index in [1.807, 2.05) is 0 Å². The highest BCUT2D eigenvalue weighted by atomic mass is 16.5. The van der Waals surface area contributed by atoms with Gasteiger partial charge in [0, 0.05) is 17.7 Å². The van der Waals surface area contributed by atoms with Crippen LogP contribution < -0.4 is 10.1 Å². The van der Waals surface area contributed by atoms with Gasteiger partial charge >= 0.3 is 0 Å². The highest BCUT2D eigenvalue weighted by molar-refractivity contribution is 6.03. The van der Waals surface area contributed by atoms with Crippen LogP contribution in [0.5, 0.6) is 11.5 Å². The van der Waals surface area contributed by atoms with Crippen molar-refractivity contribution in [3.8, 4) is 17.6 Å². The van der Waals surface area contributed by atoms with Gasteiger partial charge in [-0.05, 0) is 49.2 Å². The third kappa shape index (κ3) is 3.42. The molecule has 1 aliphatic carbocycles. The maximum Gasteiger partial charge on any atom is 0.277 e. The summed E-state index contributed by atoms with van der Waals surface area (Å²) in [7, 11) is 0. The number of nitriles is 1. The maximum atomic E-state index is 12.5. The van der Waals surface area contributed by atoms with Crippen molar-refractivity contribution in [3.05, 3.63) is 71.9 Å². The van der Waals surface area contributed by atoms with Gasteiger partial charge in [-0.3, -0.25) is 4.79 Å². The molecule has 1 aliphatic rings. The van der Waals surface area contributed by atoms with Gasteiger partial charge in [0.05, 0.1) is 11.6 Å². The average Bonchev–Trinajstić information content (AvgIpc) is 3.39. The largest absolute Gasteiger partial charge is 0.457 e. The third-order valence-corrected chi connectivity index (χ3v) is 4.07. The van der Waals surface area contributed by atoms with Gasteiger partial charge in [-0.1, -0.05) is 6.07 Å². The number of carbonyl (C=O) groups is 1. The number of nitrogens with zero attached hydrogens (tertiary/aromatic N) is 2. The fourth-order valence-electron chi connectivity index (χ4n) is 2.62. The molecule has 0 saturated heterocycles. The van der Waals surface area contributed by atoms with Crippen molar-refractivity contribution in [2.75, 3.05) is 5.32 Å². The minimum atomic E-state index is -0.295. The summed E-state index contributed by atoms with van der Waals surface area (Å²) < 4.78 is 11.1. The molecule has 1 N–H and O–H groups in total. The first-order valence-corrected chi connectivity index (χ1v) is 8.26. The molecule has 0 radical (unpaired) electrons. The molecule has 26 heavy (non-hydrogen) atoms. The molecule has 0 unspecified atom stereocenters. The van der Waals surface area contributed by atoms with Crippen LogP contribution in [0.15, 0.2) is 59.3 Å². The van der Waals surface area contributed by atoms with Gasteiger partial charge in [-0.2, -0.15) is 5.26 Å². The monoisotopic (exact) mass is 345 g/mol. The molecule has 0 bridgehead atoms. The van der Waals surface area contributed by atoms with Crippen molar-refractivity contribution in [1.29, 1.82) is 5.26 Å². The summed E-state index contributed by atoms with van der Waals surface area (Å²) in [5.74, 6) is 1.86. The van der Waals surface area contributed by atoms with Crippen molar-refractivity contribution in [2.24, 2.45) is 0 Å². The second kappa shape index (κ2) is 6.73. The number of hydrogen-bond acceptors (Lipinski definition) is 5. The molecule has 1 saturated carbocycles. The molecular weight excluding hydrogens is 330 g/mol. The van der Waals surface area contributed by atoms with Crippen molar-refractivity contribution >= 4 is 11.6 Å². The quantitative estimate of drug-likeness (QED) is 0.737. The highest BCUT2D eigenvalue weighted by Gasteiger charge is 2.32. The lowest BCUT2D eigenvalue weighted by atomic mass is 10.2. The standard InChI is InChI=1S/C20H15N3O3/c21-11-13-4-8-16(9-5-13)26-17-3-1-2-15(10-17)23-20(24)18-19(14-6-7-14)25-12-22-18/h1-5,8-10,12,14H,6-7H2,(H,23,24). The molecule has 2 aromatic carbocycles. The van der Waals surface area contributed by atoms with E-state index >= 15 is 0 Å². The van der Waals surface area contributed by atoms with E-state index in [9.17, 15) is 4.79 Å². The zero-order valence-electron chi connectivity index (χ0n) is 13.8. The highest BCUT2D eigenvalue weighted by Crippen LogP contribution is 2.41. The molecule has 1 fully saturated rings. The van der Waals surface area contributed by atoms with Gasteiger partial charge < -0.3 is 14.5 Å². The Hall–Kier alpha value is -3.59. The smallest absolute Gasteiger partial charge is 0.277 e. The maximum absolute atomic E-state index is 12.5. The summed E-state index contributed by atoms with van der Waals surface area (Å²) in [4.78, 5) is 16.5. The fraction of sp³-hybridized carbons (Fsp3) is 0.150. The van der Waals surface area contributed by atoms with E-state index in [4.69, 9.17) is 14.4 Å². The first-order chi connectivity index (χ1) is 12.7. The Morgan fingerprint density at radius 2 is 2.00 bits per heavy atom. The zero-order valence-corrected chi connectivity index (χ0v) is 13.8. The Morgan fingerprint density at radius 1 is 1.19 bits per heavy atom. The van der Waals surface area contributed by atoms with Crippen LogP contribution in [-0.4, -0.2) is 10.9 Å². The second-order valence-electron chi connectivity index (χ2n) is 6.06. The van der Waals surface area contributed by atoms with Crippen LogP contribution in [0.4, 0.5) is 5.69 Å². The van der Waals surface area contributed by atoms with E-state index in [1.54, 1.807) is 48.5 Å². The topological polar surface area (TPSA) is 88.1 Å². The van der Waals surface area contributed by atoms with Crippen molar-refractivity contribution < 1.29 is 13.9 Å². The first-order valence-electron chi connectivity index (χ1n) is 8.26. The SMILES string of the molecule is N#Cc1ccc(Oc2cccc(NC(=O)c3ncoc3C3CC3)c2)cc1. The minimum absolute atomic E-state index is 0.295. The molecule has 0 aliphatic heterocycles. The number of carbonyl (C=O) groups excluding carboxylic acids is 1. The molecule has 1 aromatic heterocycles. The number of hydrogen-bond donors (Lipinski definition) is 1. The van der Waals surface area contributed by atoms with Gasteiger partial charge in [0.15, 0.2) is 12.1 Å². The Labute approximate surface area is 150 Å². The predicted octanol–water partition coefficient (Wildman–Crippen LogP) is 4.47. The molecule has 1 amide bonds. The summed E-state index contributed by atoms with van der Waals surface area (Å²) in [6.07, 6.45) is 3.37. The molecule has 6 nitrogen and oxygen atoms in total. The van der Waals surface area contributed by atoms with Crippen LogP contribution in [0.2, 0.25) is 0 Å². The number of amides is 1. The summed E-state index contributed by atoms with van der Waals surface area (Å²) in [5.41, 5.74) is 1.51. The van der Waals surface area contributed by atoms with E-state index in [2.05, 4.69) is 16.4 Å². The van der Waals surface area contributed by atoms with Crippen LogP contribution in [0.1, 0.15) is 40.6 Å². The van der Waals surface area contributed by atoms with Crippen molar-refractivity contribution in [2.45, 2.75) is 18.8 Å². The molecular formula is C20H15N3O3. The summed E-state index contributed by atoms with van der Waals surface area (Å²) in [6.45, 7) is 0. The van der Waals surface area contributed by atoms with Gasteiger partial charge in [0.2, 0.25) is 0 Å². The number of nitrogens with one attached hydrogen (secondary N) is 1. The number of anilines is 1. The Kier molecular flexibility index (Phi) is 4.12. The lowest BCUT2D eigenvalue weighted by Gasteiger charge is -2.09. The van der Waals surface area contributed by atoms with Gasteiger partial charge in [0.25, 0.3) is 5.91 Å². The van der Waals surface area contributed by atoms with Gasteiger partial charge in [-0.15, -0.1) is 0 Å². The van der Waals surface area contributed by atoms with Gasteiger partial charge in [0.1, 0.15) is 17.3 Å². The molecule has 4 rings (SSSR count). The molecule has 6 heteroatoms.